The molecule has 0 unspecified atom stereocenters. The van der Waals surface area contributed by atoms with Crippen molar-refractivity contribution in [2.45, 2.75) is 34.3 Å². The molecule has 0 aromatic heterocycles. The SMILES string of the molecule is C=C(CCNC(=O)c1ccc(C(F)(F)F)cc1NS(=O)(=O)c1ccc(S(=O)(=O)C(F)F)cc1)C(F)(F)F. The lowest BCUT2D eigenvalue weighted by Gasteiger charge is -2.16. The van der Waals surface area contributed by atoms with Crippen molar-refractivity contribution in [1.82, 2.24) is 5.32 Å². The molecule has 7 nitrogen and oxygen atoms in total. The second kappa shape index (κ2) is 10.6. The van der Waals surface area contributed by atoms with E-state index in [1.165, 1.54) is 0 Å². The van der Waals surface area contributed by atoms with Gasteiger partial charge in [0.05, 0.1) is 26.6 Å². The van der Waals surface area contributed by atoms with Gasteiger partial charge in [-0.05, 0) is 48.9 Å². The van der Waals surface area contributed by atoms with Crippen molar-refractivity contribution >= 4 is 31.5 Å². The molecule has 0 aliphatic carbocycles. The van der Waals surface area contributed by atoms with Gasteiger partial charge >= 0.3 is 18.1 Å². The van der Waals surface area contributed by atoms with Crippen LogP contribution in [0.5, 0.6) is 0 Å². The third kappa shape index (κ3) is 7.41. The van der Waals surface area contributed by atoms with Gasteiger partial charge in [0.2, 0.25) is 9.84 Å². The fraction of sp³-hybridized carbons (Fsp3) is 0.250. The first kappa shape index (κ1) is 30.0. The summed E-state index contributed by atoms with van der Waals surface area (Å²) in [6.45, 7) is 2.16. The quantitative estimate of drug-likeness (QED) is 0.329. The van der Waals surface area contributed by atoms with Crippen molar-refractivity contribution in [3.63, 3.8) is 0 Å². The first-order valence-corrected chi connectivity index (χ1v) is 12.7. The molecule has 17 heteroatoms. The number of halogens is 8. The van der Waals surface area contributed by atoms with E-state index in [1.54, 1.807) is 4.72 Å². The molecule has 37 heavy (non-hydrogen) atoms. The van der Waals surface area contributed by atoms with E-state index in [1.807, 2.05) is 5.32 Å². The summed E-state index contributed by atoms with van der Waals surface area (Å²) in [6.07, 6.45) is -10.5. The number of alkyl halides is 8. The number of nitrogens with one attached hydrogen (secondary N) is 2. The maximum absolute atomic E-state index is 13.2. The molecule has 0 radical (unpaired) electrons. The highest BCUT2D eigenvalue weighted by molar-refractivity contribution is 7.93. The second-order valence-electron chi connectivity index (χ2n) is 7.25. The van der Waals surface area contributed by atoms with Gasteiger partial charge in [-0.25, -0.2) is 16.8 Å². The Morgan fingerprint density at radius 3 is 1.92 bits per heavy atom. The van der Waals surface area contributed by atoms with Crippen molar-refractivity contribution in [2.75, 3.05) is 11.3 Å². The van der Waals surface area contributed by atoms with Crippen LogP contribution in [0.4, 0.5) is 40.8 Å². The van der Waals surface area contributed by atoms with E-state index in [0.717, 1.165) is 0 Å². The highest BCUT2D eigenvalue weighted by atomic mass is 32.2. The minimum absolute atomic E-state index is 0.261. The van der Waals surface area contributed by atoms with Crippen molar-refractivity contribution in [1.29, 1.82) is 0 Å². The van der Waals surface area contributed by atoms with Crippen LogP contribution in [0.1, 0.15) is 22.3 Å². The molecule has 0 bridgehead atoms. The number of anilines is 1. The summed E-state index contributed by atoms with van der Waals surface area (Å²) < 4.78 is 152. The average Bonchev–Trinajstić information content (AvgIpc) is 2.77. The van der Waals surface area contributed by atoms with Gasteiger partial charge < -0.3 is 5.32 Å². The smallest absolute Gasteiger partial charge is 0.352 e. The van der Waals surface area contributed by atoms with Crippen LogP contribution in [-0.4, -0.2) is 41.2 Å². The molecular weight excluding hydrogens is 564 g/mol. The Morgan fingerprint density at radius 2 is 1.43 bits per heavy atom. The van der Waals surface area contributed by atoms with Crippen LogP contribution in [0.15, 0.2) is 64.4 Å². The molecule has 2 aromatic rings. The molecule has 0 aliphatic heterocycles. The second-order valence-corrected chi connectivity index (χ2v) is 10.8. The largest absolute Gasteiger partial charge is 0.416 e. The molecule has 2 rings (SSSR count). The van der Waals surface area contributed by atoms with Crippen LogP contribution in [0, 0.1) is 0 Å². The van der Waals surface area contributed by atoms with Crippen LogP contribution in [0.3, 0.4) is 0 Å². The first-order valence-electron chi connectivity index (χ1n) is 9.66. The monoisotopic (exact) mass is 580 g/mol. The van der Waals surface area contributed by atoms with Gasteiger partial charge in [0, 0.05) is 12.1 Å². The highest BCUT2D eigenvalue weighted by Gasteiger charge is 2.33. The number of sulfone groups is 1. The number of hydrogen-bond donors (Lipinski definition) is 2. The molecule has 204 valence electrons. The summed E-state index contributed by atoms with van der Waals surface area (Å²) in [5.41, 5.74) is -4.18. The molecule has 0 atom stereocenters. The lowest BCUT2D eigenvalue weighted by molar-refractivity contribution is -0.137. The third-order valence-corrected chi connectivity index (χ3v) is 7.43. The van der Waals surface area contributed by atoms with Gasteiger partial charge in [-0.1, -0.05) is 6.58 Å². The summed E-state index contributed by atoms with van der Waals surface area (Å²) in [7, 11) is -9.88. The number of hydrogen-bond acceptors (Lipinski definition) is 5. The number of rotatable bonds is 9. The predicted octanol–water partition coefficient (Wildman–Crippen LogP) is 4.74. The van der Waals surface area contributed by atoms with Gasteiger partial charge in [-0.3, -0.25) is 9.52 Å². The number of sulfonamides is 1. The predicted molar refractivity (Wildman–Crippen MR) is 114 cm³/mol. The van der Waals surface area contributed by atoms with E-state index in [4.69, 9.17) is 0 Å². The number of carbonyl (C=O) groups is 1. The fourth-order valence-electron chi connectivity index (χ4n) is 2.68. The summed E-state index contributed by atoms with van der Waals surface area (Å²) in [4.78, 5) is 10.7. The van der Waals surface area contributed by atoms with E-state index < -0.39 is 89.0 Å². The molecule has 1 amide bonds. The van der Waals surface area contributed by atoms with Gasteiger partial charge in [0.15, 0.2) is 0 Å². The number of carbonyl (C=O) groups excluding carboxylic acids is 1. The molecule has 0 saturated heterocycles. The summed E-state index contributed by atoms with van der Waals surface area (Å²) in [5, 5.41) is 2.01. The third-order valence-electron chi connectivity index (χ3n) is 4.65. The minimum atomic E-state index is -5.07. The molecule has 0 fully saturated rings. The molecule has 0 spiro atoms. The first-order chi connectivity index (χ1) is 16.8. The van der Waals surface area contributed by atoms with E-state index in [-0.39, 0.29) is 6.07 Å². The topological polar surface area (TPSA) is 109 Å². The van der Waals surface area contributed by atoms with Gasteiger partial charge in [0.25, 0.3) is 15.9 Å². The van der Waals surface area contributed by atoms with Crippen LogP contribution >= 0.6 is 0 Å². The molecule has 0 heterocycles. The van der Waals surface area contributed by atoms with E-state index in [0.29, 0.717) is 36.4 Å². The van der Waals surface area contributed by atoms with Gasteiger partial charge in [-0.15, -0.1) is 0 Å². The Morgan fingerprint density at radius 1 is 0.892 bits per heavy atom. The lowest BCUT2D eigenvalue weighted by atomic mass is 10.1. The van der Waals surface area contributed by atoms with Crippen LogP contribution in [-0.2, 0) is 26.0 Å². The molecule has 2 N–H and O–H groups in total. The highest BCUT2D eigenvalue weighted by Crippen LogP contribution is 2.33. The van der Waals surface area contributed by atoms with Crippen molar-refractivity contribution < 1.29 is 56.8 Å². The molecule has 0 saturated carbocycles. The van der Waals surface area contributed by atoms with Crippen LogP contribution in [0.25, 0.3) is 0 Å². The summed E-state index contributed by atoms with van der Waals surface area (Å²) >= 11 is 0. The fourth-order valence-corrected chi connectivity index (χ4v) is 4.47. The normalized spacial score (nSPS) is 12.9. The Balaban J connectivity index is 2.39. The lowest BCUT2D eigenvalue weighted by Crippen LogP contribution is -2.28. The van der Waals surface area contributed by atoms with Gasteiger partial charge in [-0.2, -0.15) is 35.1 Å². The van der Waals surface area contributed by atoms with Crippen molar-refractivity contribution in [3.05, 3.63) is 65.7 Å². The summed E-state index contributed by atoms with van der Waals surface area (Å²) in [6, 6.07) is 3.53. The minimum Gasteiger partial charge on any atom is -0.352 e. The Kier molecular flexibility index (Phi) is 8.64. The summed E-state index contributed by atoms with van der Waals surface area (Å²) in [5.74, 6) is -5.02. The Bertz CT molecular complexity index is 1390. The maximum atomic E-state index is 13.2. The van der Waals surface area contributed by atoms with Crippen molar-refractivity contribution in [3.8, 4) is 0 Å². The van der Waals surface area contributed by atoms with E-state index in [9.17, 15) is 56.8 Å². The zero-order chi connectivity index (χ0) is 28.4. The average molecular weight is 580 g/mol. The van der Waals surface area contributed by atoms with Crippen LogP contribution in [0.2, 0.25) is 0 Å². The van der Waals surface area contributed by atoms with Gasteiger partial charge in [0.1, 0.15) is 0 Å². The molecule has 2 aromatic carbocycles. The maximum Gasteiger partial charge on any atom is 0.416 e. The van der Waals surface area contributed by atoms with E-state index >= 15 is 0 Å². The zero-order valence-corrected chi connectivity index (χ0v) is 19.8. The zero-order valence-electron chi connectivity index (χ0n) is 18.1. The molecule has 0 aliphatic rings. The standard InChI is InChI=1S/C20H16F8N2O5S2/c1-11(19(23,24)25)8-9-29-17(31)15-7-2-12(20(26,27)28)10-16(15)30-37(34,35)14-5-3-13(4-6-14)36(32,33)18(21)22/h2-7,10,18,30H,1,8-9H2,(H,29,31). The van der Waals surface area contributed by atoms with E-state index in [2.05, 4.69) is 6.58 Å². The Hall–Kier alpha value is -3.21. The van der Waals surface area contributed by atoms with Crippen molar-refractivity contribution in [2.24, 2.45) is 0 Å². The molecular formula is C20H16F8N2O5S2. The number of benzene rings is 2. The number of amides is 1. The van der Waals surface area contributed by atoms with Crippen LogP contribution < -0.4 is 10.0 Å². The Labute approximate surface area is 205 Å².